The van der Waals surface area contributed by atoms with Gasteiger partial charge in [-0.15, -0.1) is 0 Å². The maximum atomic E-state index is 12.1. The van der Waals surface area contributed by atoms with Crippen molar-refractivity contribution < 1.29 is 14.6 Å². The molecule has 1 fully saturated rings. The monoisotopic (exact) mass is 293 g/mol. The van der Waals surface area contributed by atoms with Gasteiger partial charge < -0.3 is 20.1 Å². The third-order valence-electron chi connectivity index (χ3n) is 3.65. The van der Waals surface area contributed by atoms with E-state index in [0.29, 0.717) is 6.54 Å². The van der Waals surface area contributed by atoms with Gasteiger partial charge in [0.1, 0.15) is 5.75 Å². The number of hydrogen-bond acceptors (Lipinski definition) is 4. The Kier molecular flexibility index (Phi) is 5.83. The van der Waals surface area contributed by atoms with Crippen molar-refractivity contribution in [1.29, 1.82) is 0 Å². The molecule has 1 aromatic rings. The lowest BCUT2D eigenvalue weighted by molar-refractivity contribution is 0.106. The van der Waals surface area contributed by atoms with E-state index in [0.717, 1.165) is 44.9 Å². The van der Waals surface area contributed by atoms with Gasteiger partial charge in [0.25, 0.3) is 0 Å². The number of rotatable bonds is 5. The molecule has 116 valence electrons. The van der Waals surface area contributed by atoms with Crippen molar-refractivity contribution in [3.05, 3.63) is 29.8 Å². The van der Waals surface area contributed by atoms with Gasteiger partial charge in [-0.2, -0.15) is 0 Å². The van der Waals surface area contributed by atoms with Crippen molar-refractivity contribution in [1.82, 2.24) is 15.1 Å². The molecule has 0 unspecified atom stereocenters. The van der Waals surface area contributed by atoms with Crippen LogP contribution in [-0.4, -0.2) is 67.4 Å². The second-order valence-electron chi connectivity index (χ2n) is 5.15. The van der Waals surface area contributed by atoms with Gasteiger partial charge in [-0.05, 0) is 17.7 Å². The summed E-state index contributed by atoms with van der Waals surface area (Å²) in [5, 5.41) is 12.1. The number of nitrogens with zero attached hydrogens (tertiary/aromatic N) is 2. The number of aromatic hydroxyl groups is 1. The number of phenolic OH excluding ortho intramolecular Hbond substituents is 1. The number of nitrogens with one attached hydrogen (secondary N) is 1. The first-order valence-corrected chi connectivity index (χ1v) is 7.21. The number of amides is 2. The molecular formula is C15H23N3O3. The number of methoxy groups -OCH3 is 1. The summed E-state index contributed by atoms with van der Waals surface area (Å²) in [6, 6.07) is 6.82. The van der Waals surface area contributed by atoms with Crippen LogP contribution in [0.1, 0.15) is 5.56 Å². The average Bonchev–Trinajstić information content (AvgIpc) is 2.52. The fourth-order valence-electron chi connectivity index (χ4n) is 2.30. The van der Waals surface area contributed by atoms with Crippen molar-refractivity contribution in [2.45, 2.75) is 6.54 Å². The fourth-order valence-corrected chi connectivity index (χ4v) is 2.30. The summed E-state index contributed by atoms with van der Waals surface area (Å²) in [4.78, 5) is 16.2. The minimum atomic E-state index is -0.0329. The van der Waals surface area contributed by atoms with E-state index >= 15 is 0 Å². The molecule has 0 aromatic heterocycles. The highest BCUT2D eigenvalue weighted by Crippen LogP contribution is 2.09. The third-order valence-corrected chi connectivity index (χ3v) is 3.65. The third kappa shape index (κ3) is 4.91. The molecule has 0 saturated carbocycles. The topological polar surface area (TPSA) is 65.0 Å². The predicted octanol–water partition coefficient (Wildman–Crippen LogP) is 0.866. The molecule has 0 spiro atoms. The quantitative estimate of drug-likeness (QED) is 0.845. The summed E-state index contributed by atoms with van der Waals surface area (Å²) in [6.07, 6.45) is 0. The van der Waals surface area contributed by atoms with E-state index < -0.39 is 0 Å². The Hall–Kier alpha value is -1.79. The van der Waals surface area contributed by atoms with E-state index in [-0.39, 0.29) is 11.8 Å². The number of ether oxygens (including phenoxy) is 1. The first kappa shape index (κ1) is 15.6. The molecule has 2 rings (SSSR count). The molecular weight excluding hydrogens is 270 g/mol. The van der Waals surface area contributed by atoms with E-state index in [2.05, 4.69) is 10.2 Å². The van der Waals surface area contributed by atoms with Crippen LogP contribution in [0, 0.1) is 0 Å². The number of piperazine rings is 1. The highest BCUT2D eigenvalue weighted by molar-refractivity contribution is 5.74. The molecule has 0 aliphatic carbocycles. The molecule has 2 amide bonds. The van der Waals surface area contributed by atoms with Crippen molar-refractivity contribution in [3.8, 4) is 5.75 Å². The zero-order valence-electron chi connectivity index (χ0n) is 12.4. The number of benzene rings is 1. The maximum Gasteiger partial charge on any atom is 0.317 e. The zero-order valence-corrected chi connectivity index (χ0v) is 12.4. The second-order valence-corrected chi connectivity index (χ2v) is 5.15. The van der Waals surface area contributed by atoms with Crippen LogP contribution in [0.15, 0.2) is 24.3 Å². The lowest BCUT2D eigenvalue weighted by Crippen LogP contribution is -2.52. The van der Waals surface area contributed by atoms with Gasteiger partial charge in [0.2, 0.25) is 0 Å². The minimum Gasteiger partial charge on any atom is -0.508 e. The highest BCUT2D eigenvalue weighted by atomic mass is 16.5. The second kappa shape index (κ2) is 7.85. The van der Waals surface area contributed by atoms with Crippen molar-refractivity contribution in [3.63, 3.8) is 0 Å². The highest BCUT2D eigenvalue weighted by Gasteiger charge is 2.20. The molecule has 1 heterocycles. The Bertz CT molecular complexity index is 442. The van der Waals surface area contributed by atoms with E-state index in [1.165, 1.54) is 0 Å². The van der Waals surface area contributed by atoms with Gasteiger partial charge in [-0.25, -0.2) is 4.79 Å². The van der Waals surface area contributed by atoms with Crippen LogP contribution < -0.4 is 5.32 Å². The molecule has 0 bridgehead atoms. The van der Waals surface area contributed by atoms with Crippen LogP contribution in [0.3, 0.4) is 0 Å². The van der Waals surface area contributed by atoms with E-state index in [1.807, 2.05) is 4.90 Å². The minimum absolute atomic E-state index is 0.0329. The van der Waals surface area contributed by atoms with Gasteiger partial charge in [-0.3, -0.25) is 4.90 Å². The Morgan fingerprint density at radius 3 is 2.52 bits per heavy atom. The van der Waals surface area contributed by atoms with Gasteiger partial charge in [0.15, 0.2) is 0 Å². The van der Waals surface area contributed by atoms with Crippen LogP contribution in [0.2, 0.25) is 0 Å². The Morgan fingerprint density at radius 1 is 1.24 bits per heavy atom. The number of carbonyl (C=O) groups is 1. The van der Waals surface area contributed by atoms with E-state index in [1.54, 1.807) is 31.4 Å². The van der Waals surface area contributed by atoms with E-state index in [9.17, 15) is 9.90 Å². The van der Waals surface area contributed by atoms with E-state index in [4.69, 9.17) is 4.74 Å². The molecule has 6 heteroatoms. The van der Waals surface area contributed by atoms with Crippen LogP contribution >= 0.6 is 0 Å². The summed E-state index contributed by atoms with van der Waals surface area (Å²) in [7, 11) is 1.70. The summed E-state index contributed by atoms with van der Waals surface area (Å²) in [6.45, 7) is 5.37. The van der Waals surface area contributed by atoms with Crippen molar-refractivity contribution >= 4 is 6.03 Å². The normalized spacial score (nSPS) is 16.0. The molecule has 6 nitrogen and oxygen atoms in total. The molecule has 0 radical (unpaired) electrons. The van der Waals surface area contributed by atoms with Crippen LogP contribution in [0.4, 0.5) is 4.79 Å². The smallest absolute Gasteiger partial charge is 0.317 e. The average molecular weight is 293 g/mol. The fraction of sp³-hybridized carbons (Fsp3) is 0.533. The molecule has 21 heavy (non-hydrogen) atoms. The van der Waals surface area contributed by atoms with Crippen molar-refractivity contribution in [2.24, 2.45) is 0 Å². The van der Waals surface area contributed by atoms with Crippen LogP contribution in [-0.2, 0) is 11.3 Å². The lowest BCUT2D eigenvalue weighted by atomic mass is 10.2. The largest absolute Gasteiger partial charge is 0.508 e. The number of urea groups is 1. The summed E-state index contributed by atoms with van der Waals surface area (Å²) in [5.41, 5.74) is 0.972. The molecule has 0 atom stereocenters. The molecule has 1 aliphatic rings. The SMILES string of the molecule is COCCN1CCN(C(=O)NCc2ccc(O)cc2)CC1. The zero-order chi connectivity index (χ0) is 15.1. The van der Waals surface area contributed by atoms with Crippen molar-refractivity contribution in [2.75, 3.05) is 46.4 Å². The Labute approximate surface area is 125 Å². The first-order valence-electron chi connectivity index (χ1n) is 7.21. The Morgan fingerprint density at radius 2 is 1.90 bits per heavy atom. The maximum absolute atomic E-state index is 12.1. The van der Waals surface area contributed by atoms with Gasteiger partial charge >= 0.3 is 6.03 Å². The van der Waals surface area contributed by atoms with Gasteiger partial charge in [0.05, 0.1) is 6.61 Å². The standard InChI is InChI=1S/C15H23N3O3/c1-21-11-10-17-6-8-18(9-7-17)15(20)16-12-13-2-4-14(19)5-3-13/h2-5,19H,6-12H2,1H3,(H,16,20). The van der Waals surface area contributed by atoms with Crippen LogP contribution in [0.5, 0.6) is 5.75 Å². The first-order chi connectivity index (χ1) is 10.2. The van der Waals surface area contributed by atoms with Gasteiger partial charge in [0, 0.05) is 46.4 Å². The lowest BCUT2D eigenvalue weighted by Gasteiger charge is -2.34. The van der Waals surface area contributed by atoms with Gasteiger partial charge in [-0.1, -0.05) is 12.1 Å². The number of phenols is 1. The molecule has 1 aromatic carbocycles. The molecule has 2 N–H and O–H groups in total. The van der Waals surface area contributed by atoms with Crippen LogP contribution in [0.25, 0.3) is 0 Å². The summed E-state index contributed by atoms with van der Waals surface area (Å²) >= 11 is 0. The summed E-state index contributed by atoms with van der Waals surface area (Å²) in [5.74, 6) is 0.234. The Balaban J connectivity index is 1.71. The summed E-state index contributed by atoms with van der Waals surface area (Å²) < 4.78 is 5.06. The molecule has 1 saturated heterocycles. The number of carbonyl (C=O) groups excluding carboxylic acids is 1. The predicted molar refractivity (Wildman–Crippen MR) is 80.2 cm³/mol. The molecule has 1 aliphatic heterocycles. The number of hydrogen-bond donors (Lipinski definition) is 2.